The van der Waals surface area contributed by atoms with Crippen LogP contribution < -0.4 is 4.74 Å². The first kappa shape index (κ1) is 18.5. The maximum absolute atomic E-state index is 6.75. The first-order valence-electron chi connectivity index (χ1n) is 11.5. The van der Waals surface area contributed by atoms with Crippen molar-refractivity contribution in [3.8, 4) is 17.1 Å². The molecule has 0 radical (unpaired) electrons. The average Bonchev–Trinajstić information content (AvgIpc) is 3.33. The molecule has 0 unspecified atom stereocenters. The second-order valence-corrected chi connectivity index (χ2v) is 11.3. The van der Waals surface area contributed by atoms with E-state index in [-0.39, 0.29) is 22.0 Å². The van der Waals surface area contributed by atoms with E-state index < -0.39 is 0 Å². The lowest BCUT2D eigenvalue weighted by molar-refractivity contribution is -0.00212. The van der Waals surface area contributed by atoms with Gasteiger partial charge in [-0.1, -0.05) is 53.7 Å². The lowest BCUT2D eigenvalue weighted by atomic mass is 9.59. The Balaban J connectivity index is 1.71. The summed E-state index contributed by atoms with van der Waals surface area (Å²) >= 11 is 0. The smallest absolute Gasteiger partial charge is 0.188 e. The van der Waals surface area contributed by atoms with Gasteiger partial charge in [-0.05, 0) is 64.5 Å². The Hall–Kier alpha value is -2.29. The molecule has 156 valence electrons. The summed E-state index contributed by atoms with van der Waals surface area (Å²) in [6.07, 6.45) is 4.52. The summed E-state index contributed by atoms with van der Waals surface area (Å²) in [5.41, 5.74) is 6.42. The van der Waals surface area contributed by atoms with Gasteiger partial charge in [0, 0.05) is 12.8 Å². The van der Waals surface area contributed by atoms with E-state index in [1.54, 1.807) is 0 Å². The van der Waals surface area contributed by atoms with Crippen LogP contribution in [0.5, 0.6) is 5.75 Å². The molecule has 1 saturated carbocycles. The quantitative estimate of drug-likeness (QED) is 0.409. The number of rotatable bonds is 0. The van der Waals surface area contributed by atoms with Crippen LogP contribution in [0.2, 0.25) is 0 Å². The molecular formula is C27H32N2O. The van der Waals surface area contributed by atoms with Gasteiger partial charge in [0.1, 0.15) is 11.6 Å². The van der Waals surface area contributed by atoms with Crippen molar-refractivity contribution in [2.24, 2.45) is 5.41 Å². The molecule has 2 heterocycles. The minimum absolute atomic E-state index is 0.0843. The zero-order chi connectivity index (χ0) is 21.1. The molecule has 3 heteroatoms. The molecule has 3 aromatic rings. The standard InChI is InChI=1S/C27H32N2O/c1-24(2)18-15-20-21(16-19(18)25(3,4)26(24,5)6)29-23(28-20)17-11-7-8-12-22(17)30-27(29)13-9-10-14-27/h7-8,11-12,15-16H,9-10,13-14H2,1-6H3. The van der Waals surface area contributed by atoms with Crippen LogP contribution in [0.3, 0.4) is 0 Å². The number of fused-ring (bicyclic) bond motifs is 7. The summed E-state index contributed by atoms with van der Waals surface area (Å²) in [7, 11) is 0. The van der Waals surface area contributed by atoms with Crippen molar-refractivity contribution < 1.29 is 4.74 Å². The summed E-state index contributed by atoms with van der Waals surface area (Å²) < 4.78 is 9.20. The van der Waals surface area contributed by atoms with Crippen LogP contribution in [-0.4, -0.2) is 9.55 Å². The summed E-state index contributed by atoms with van der Waals surface area (Å²) in [6, 6.07) is 13.3. The van der Waals surface area contributed by atoms with Crippen molar-refractivity contribution in [2.75, 3.05) is 0 Å². The second-order valence-electron chi connectivity index (χ2n) is 11.3. The molecule has 6 rings (SSSR count). The molecule has 0 atom stereocenters. The molecule has 0 bridgehead atoms. The molecule has 30 heavy (non-hydrogen) atoms. The predicted molar refractivity (Wildman–Crippen MR) is 122 cm³/mol. The Morgan fingerprint density at radius 3 is 2.20 bits per heavy atom. The van der Waals surface area contributed by atoms with Crippen LogP contribution in [0.25, 0.3) is 22.4 Å². The Kier molecular flexibility index (Phi) is 3.26. The van der Waals surface area contributed by atoms with Gasteiger partial charge < -0.3 is 4.74 Å². The summed E-state index contributed by atoms with van der Waals surface area (Å²) in [6.45, 7) is 14.5. The van der Waals surface area contributed by atoms with Crippen molar-refractivity contribution >= 4 is 11.0 Å². The minimum atomic E-state index is -0.291. The van der Waals surface area contributed by atoms with E-state index in [9.17, 15) is 0 Å². The fourth-order valence-electron chi connectivity index (χ4n) is 6.45. The van der Waals surface area contributed by atoms with E-state index in [0.29, 0.717) is 0 Å². The molecular weight excluding hydrogens is 368 g/mol. The van der Waals surface area contributed by atoms with E-state index in [2.05, 4.69) is 82.5 Å². The molecule has 1 spiro atoms. The molecule has 1 aromatic heterocycles. The summed E-state index contributed by atoms with van der Waals surface area (Å²) in [5.74, 6) is 2.06. The highest BCUT2D eigenvalue weighted by molar-refractivity contribution is 5.86. The van der Waals surface area contributed by atoms with Gasteiger partial charge in [-0.2, -0.15) is 0 Å². The van der Waals surface area contributed by atoms with Crippen molar-refractivity contribution in [1.29, 1.82) is 0 Å². The highest BCUT2D eigenvalue weighted by Crippen LogP contribution is 2.62. The van der Waals surface area contributed by atoms with Crippen molar-refractivity contribution in [3.63, 3.8) is 0 Å². The third kappa shape index (κ3) is 1.91. The first-order chi connectivity index (χ1) is 14.1. The number of ether oxygens (including phenoxy) is 1. The van der Waals surface area contributed by atoms with Crippen molar-refractivity contribution in [1.82, 2.24) is 9.55 Å². The SMILES string of the molecule is CC1(C)c2cc3nc4n(c3cc2C(C)(C)C1(C)C)C1(CCCC1)Oc1ccccc1-4. The number of hydrogen-bond acceptors (Lipinski definition) is 2. The number of para-hydroxylation sites is 1. The van der Waals surface area contributed by atoms with Crippen molar-refractivity contribution in [2.45, 2.75) is 83.8 Å². The monoisotopic (exact) mass is 400 g/mol. The van der Waals surface area contributed by atoms with Gasteiger partial charge in [-0.15, -0.1) is 0 Å². The molecule has 2 aliphatic carbocycles. The van der Waals surface area contributed by atoms with E-state index in [1.807, 2.05) is 0 Å². The zero-order valence-electron chi connectivity index (χ0n) is 19.1. The molecule has 1 aliphatic heterocycles. The van der Waals surface area contributed by atoms with Gasteiger partial charge >= 0.3 is 0 Å². The van der Waals surface area contributed by atoms with Gasteiger partial charge in [0.2, 0.25) is 0 Å². The molecule has 3 nitrogen and oxygen atoms in total. The van der Waals surface area contributed by atoms with Crippen LogP contribution in [0, 0.1) is 5.41 Å². The van der Waals surface area contributed by atoms with E-state index >= 15 is 0 Å². The lowest BCUT2D eigenvalue weighted by Gasteiger charge is -2.44. The van der Waals surface area contributed by atoms with E-state index in [0.717, 1.165) is 35.5 Å². The average molecular weight is 401 g/mol. The predicted octanol–water partition coefficient (Wildman–Crippen LogP) is 6.92. The third-order valence-electron chi connectivity index (χ3n) is 9.49. The maximum Gasteiger partial charge on any atom is 0.188 e. The Bertz CT molecular complexity index is 1210. The molecule has 0 saturated heterocycles. The molecule has 2 aromatic carbocycles. The van der Waals surface area contributed by atoms with Gasteiger partial charge in [-0.3, -0.25) is 4.57 Å². The van der Waals surface area contributed by atoms with Gasteiger partial charge in [-0.25, -0.2) is 4.98 Å². The summed E-state index contributed by atoms with van der Waals surface area (Å²) in [4.78, 5) is 5.24. The zero-order valence-corrected chi connectivity index (χ0v) is 19.1. The largest absolute Gasteiger partial charge is 0.467 e. The highest BCUT2D eigenvalue weighted by atomic mass is 16.5. The Morgan fingerprint density at radius 1 is 0.867 bits per heavy atom. The second kappa shape index (κ2) is 5.30. The lowest BCUT2D eigenvalue weighted by Crippen LogP contribution is -2.42. The first-order valence-corrected chi connectivity index (χ1v) is 11.5. The van der Waals surface area contributed by atoms with Gasteiger partial charge in [0.25, 0.3) is 0 Å². The van der Waals surface area contributed by atoms with Crippen LogP contribution >= 0.6 is 0 Å². The molecule has 1 fully saturated rings. The number of nitrogens with zero attached hydrogens (tertiary/aromatic N) is 2. The highest BCUT2D eigenvalue weighted by Gasteiger charge is 2.57. The topological polar surface area (TPSA) is 27.1 Å². The minimum Gasteiger partial charge on any atom is -0.467 e. The normalized spacial score (nSPS) is 23.8. The van der Waals surface area contributed by atoms with Gasteiger partial charge in [0.15, 0.2) is 5.72 Å². The van der Waals surface area contributed by atoms with Crippen LogP contribution in [-0.2, 0) is 16.6 Å². The Labute approximate surface area is 179 Å². The van der Waals surface area contributed by atoms with Crippen LogP contribution in [0.1, 0.15) is 78.4 Å². The summed E-state index contributed by atoms with van der Waals surface area (Å²) in [5, 5.41) is 0. The molecule has 3 aliphatic rings. The maximum atomic E-state index is 6.75. The van der Waals surface area contributed by atoms with Crippen molar-refractivity contribution in [3.05, 3.63) is 47.5 Å². The van der Waals surface area contributed by atoms with E-state index in [4.69, 9.17) is 9.72 Å². The number of benzene rings is 2. The molecule has 0 amide bonds. The number of aromatic nitrogens is 2. The fraction of sp³-hybridized carbons (Fsp3) is 0.519. The molecule has 0 N–H and O–H groups in total. The van der Waals surface area contributed by atoms with Crippen LogP contribution in [0.4, 0.5) is 0 Å². The number of imidazole rings is 1. The third-order valence-corrected chi connectivity index (χ3v) is 9.49. The van der Waals surface area contributed by atoms with Gasteiger partial charge in [0.05, 0.1) is 16.6 Å². The Morgan fingerprint density at radius 2 is 1.50 bits per heavy atom. The van der Waals surface area contributed by atoms with E-state index in [1.165, 1.54) is 29.5 Å². The fourth-order valence-corrected chi connectivity index (χ4v) is 6.45. The number of hydrogen-bond donors (Lipinski definition) is 0. The van der Waals surface area contributed by atoms with Crippen LogP contribution in [0.15, 0.2) is 36.4 Å².